The van der Waals surface area contributed by atoms with Gasteiger partial charge in [-0.15, -0.1) is 0 Å². The monoisotopic (exact) mass is 790 g/mol. The molecule has 5 heterocycles. The van der Waals surface area contributed by atoms with Gasteiger partial charge in [0.15, 0.2) is 11.6 Å². The third kappa shape index (κ3) is 7.58. The Morgan fingerprint density at radius 3 is 2.62 bits per heavy atom. The molecule has 2 aromatic heterocycles. The Bertz CT molecular complexity index is 2210. The maximum Gasteiger partial charge on any atom is 0.264 e. The first-order valence-corrected chi connectivity index (χ1v) is 18.6. The van der Waals surface area contributed by atoms with Crippen molar-refractivity contribution in [2.75, 3.05) is 30.7 Å². The van der Waals surface area contributed by atoms with E-state index in [1.54, 1.807) is 37.5 Å². The lowest BCUT2D eigenvalue weighted by Gasteiger charge is -2.32. The zero-order chi connectivity index (χ0) is 39.0. The number of nitrogens with two attached hydrogens (primary N) is 1. The minimum Gasteiger partial charge on any atom is -0.482 e. The molecule has 3 aliphatic heterocycles. The average molecular weight is 792 g/mol. The van der Waals surface area contributed by atoms with E-state index < -0.39 is 41.6 Å². The van der Waals surface area contributed by atoms with Crippen LogP contribution in [0.25, 0.3) is 11.1 Å². The summed E-state index contributed by atoms with van der Waals surface area (Å²) in [5.41, 5.74) is 8.73. The van der Waals surface area contributed by atoms with Gasteiger partial charge in [-0.3, -0.25) is 38.9 Å². The minimum atomic E-state index is -1.05. The SMILES string of the molecule is C[C@@H](Oc1cc(-c2cnn(C3CCN(C(=O)CCCNc4cccc5c4C(=O)N(C4CCC(=O)NC4=O)C5=O)CC3)c2)cnc1N)c1c(Cl)ccc(F)c1Cl. The molecule has 2 saturated heterocycles. The van der Waals surface area contributed by atoms with Crippen molar-refractivity contribution in [3.8, 4) is 16.9 Å². The molecule has 3 aliphatic rings. The van der Waals surface area contributed by atoms with Gasteiger partial charge < -0.3 is 20.7 Å². The van der Waals surface area contributed by atoms with E-state index >= 15 is 0 Å². The van der Waals surface area contributed by atoms with E-state index in [1.165, 1.54) is 18.2 Å². The number of ether oxygens (including phenoxy) is 1. The van der Waals surface area contributed by atoms with Gasteiger partial charge in [0.25, 0.3) is 11.8 Å². The molecule has 55 heavy (non-hydrogen) atoms. The fraction of sp³-hybridized carbons (Fsp3) is 0.342. The molecule has 4 N–H and O–H groups in total. The molecule has 0 saturated carbocycles. The Morgan fingerprint density at radius 1 is 1.07 bits per heavy atom. The van der Waals surface area contributed by atoms with Gasteiger partial charge in [-0.1, -0.05) is 29.3 Å². The lowest BCUT2D eigenvalue weighted by Crippen LogP contribution is -2.54. The van der Waals surface area contributed by atoms with Crippen LogP contribution in [0.5, 0.6) is 5.75 Å². The van der Waals surface area contributed by atoms with Crippen LogP contribution in [-0.4, -0.2) is 79.8 Å². The van der Waals surface area contributed by atoms with Crippen molar-refractivity contribution in [1.82, 2.24) is 29.9 Å². The van der Waals surface area contributed by atoms with Crippen molar-refractivity contribution in [3.05, 3.63) is 87.5 Å². The second kappa shape index (κ2) is 15.7. The second-order valence-electron chi connectivity index (χ2n) is 13.7. The highest BCUT2D eigenvalue weighted by Gasteiger charge is 2.45. The van der Waals surface area contributed by atoms with E-state index in [9.17, 15) is 28.4 Å². The third-order valence-corrected chi connectivity index (χ3v) is 10.9. The minimum absolute atomic E-state index is 0.0190. The predicted octanol–water partition coefficient (Wildman–Crippen LogP) is 5.57. The zero-order valence-corrected chi connectivity index (χ0v) is 31.2. The number of carbonyl (C=O) groups is 5. The Morgan fingerprint density at radius 2 is 1.85 bits per heavy atom. The molecule has 14 nitrogen and oxygen atoms in total. The molecule has 0 spiro atoms. The van der Waals surface area contributed by atoms with E-state index in [4.69, 9.17) is 33.7 Å². The highest BCUT2D eigenvalue weighted by Crippen LogP contribution is 2.38. The molecule has 0 radical (unpaired) electrons. The summed E-state index contributed by atoms with van der Waals surface area (Å²) in [6.07, 6.45) is 6.86. The number of imide groups is 2. The summed E-state index contributed by atoms with van der Waals surface area (Å²) in [5, 5.41) is 10.1. The van der Waals surface area contributed by atoms with Gasteiger partial charge in [0.1, 0.15) is 18.0 Å². The standard InChI is InChI=1S/C38H37Cl2FN8O6/c1-20(32-25(39)7-8-26(41)34(32)40)55-29-16-21(17-44-35(29)42)22-18-45-48(19-22)23-11-14-47(15-12-23)31(51)6-3-13-43-27-5-2-4-24-33(27)38(54)49(37(24)53)28-9-10-30(50)46-36(28)52/h2,4-5,7-8,16-20,23,28,43H,3,6,9-15H2,1H3,(H2,42,44)(H,46,50,52)/t20-,28?/m1/s1. The van der Waals surface area contributed by atoms with Gasteiger partial charge in [0.05, 0.1) is 28.4 Å². The zero-order valence-electron chi connectivity index (χ0n) is 29.7. The predicted molar refractivity (Wildman–Crippen MR) is 201 cm³/mol. The largest absolute Gasteiger partial charge is 0.482 e. The number of likely N-dealkylation sites (tertiary alicyclic amines) is 1. The smallest absolute Gasteiger partial charge is 0.264 e. The van der Waals surface area contributed by atoms with Crippen LogP contribution in [0.2, 0.25) is 10.0 Å². The first kappa shape index (κ1) is 37.8. The number of benzene rings is 2. The molecule has 0 bridgehead atoms. The lowest BCUT2D eigenvalue weighted by atomic mass is 10.0. The van der Waals surface area contributed by atoms with Crippen molar-refractivity contribution < 1.29 is 33.1 Å². The Labute approximate surface area is 325 Å². The summed E-state index contributed by atoms with van der Waals surface area (Å²) in [4.78, 5) is 70.6. The van der Waals surface area contributed by atoms with E-state index in [-0.39, 0.29) is 57.5 Å². The Kier molecular flexibility index (Phi) is 10.8. The first-order valence-electron chi connectivity index (χ1n) is 17.9. The van der Waals surface area contributed by atoms with E-state index in [1.807, 2.05) is 15.8 Å². The lowest BCUT2D eigenvalue weighted by molar-refractivity contribution is -0.136. The third-order valence-electron chi connectivity index (χ3n) is 10.1. The van der Waals surface area contributed by atoms with E-state index in [0.717, 1.165) is 10.5 Å². The van der Waals surface area contributed by atoms with Gasteiger partial charge in [0.2, 0.25) is 17.7 Å². The molecule has 4 aromatic rings. The number of hydrogen-bond acceptors (Lipinski definition) is 10. The number of nitrogen functional groups attached to an aromatic ring is 1. The maximum absolute atomic E-state index is 14.1. The van der Waals surface area contributed by atoms with Gasteiger partial charge in [0, 0.05) is 72.3 Å². The average Bonchev–Trinajstić information content (AvgIpc) is 3.76. The number of rotatable bonds is 11. The molecule has 7 rings (SSSR count). The van der Waals surface area contributed by atoms with Crippen LogP contribution < -0.4 is 21.1 Å². The van der Waals surface area contributed by atoms with Crippen LogP contribution >= 0.6 is 23.2 Å². The number of piperidine rings is 2. The van der Waals surface area contributed by atoms with Crippen molar-refractivity contribution in [1.29, 1.82) is 0 Å². The molecular formula is C38H37Cl2FN8O6. The summed E-state index contributed by atoms with van der Waals surface area (Å²) in [5.74, 6) is -2.43. The number of fused-ring (bicyclic) bond motifs is 1. The van der Waals surface area contributed by atoms with Crippen LogP contribution in [-0.2, 0) is 14.4 Å². The number of anilines is 2. The molecule has 0 aliphatic carbocycles. The Hall–Kier alpha value is -5.54. The fourth-order valence-electron chi connectivity index (χ4n) is 7.22. The van der Waals surface area contributed by atoms with E-state index in [2.05, 4.69) is 20.7 Å². The number of halogens is 3. The summed E-state index contributed by atoms with van der Waals surface area (Å²) in [6.45, 7) is 3.20. The molecule has 2 aromatic carbocycles. The number of hydrogen-bond donors (Lipinski definition) is 3. The number of pyridine rings is 1. The van der Waals surface area contributed by atoms with Crippen molar-refractivity contribution in [2.45, 2.75) is 63.6 Å². The highest BCUT2D eigenvalue weighted by molar-refractivity contribution is 6.36. The normalized spacial score (nSPS) is 18.0. The summed E-state index contributed by atoms with van der Waals surface area (Å²) < 4.78 is 22.1. The first-order chi connectivity index (χ1) is 26.4. The van der Waals surface area contributed by atoms with Crippen LogP contribution in [0.4, 0.5) is 15.9 Å². The number of nitrogens with zero attached hydrogens (tertiary/aromatic N) is 5. The molecule has 5 amide bonds. The highest BCUT2D eigenvalue weighted by atomic mass is 35.5. The van der Waals surface area contributed by atoms with Crippen LogP contribution in [0, 0.1) is 5.82 Å². The second-order valence-corrected chi connectivity index (χ2v) is 14.4. The van der Waals surface area contributed by atoms with Crippen molar-refractivity contribution >= 4 is 64.2 Å². The summed E-state index contributed by atoms with van der Waals surface area (Å²) in [7, 11) is 0. The van der Waals surface area contributed by atoms with Crippen molar-refractivity contribution in [2.24, 2.45) is 0 Å². The molecule has 2 fully saturated rings. The fourth-order valence-corrected chi connectivity index (χ4v) is 7.90. The van der Waals surface area contributed by atoms with Crippen LogP contribution in [0.15, 0.2) is 55.0 Å². The molecule has 1 unspecified atom stereocenters. The van der Waals surface area contributed by atoms with Gasteiger partial charge in [-0.25, -0.2) is 9.37 Å². The van der Waals surface area contributed by atoms with Crippen LogP contribution in [0.1, 0.15) is 83.9 Å². The number of amides is 5. The van der Waals surface area contributed by atoms with Crippen molar-refractivity contribution in [3.63, 3.8) is 0 Å². The molecule has 286 valence electrons. The van der Waals surface area contributed by atoms with E-state index in [0.29, 0.717) is 62.1 Å². The quantitative estimate of drug-likeness (QED) is 0.0987. The molecule has 2 atom stereocenters. The summed E-state index contributed by atoms with van der Waals surface area (Å²) in [6, 6.07) is 8.25. The van der Waals surface area contributed by atoms with Crippen LogP contribution in [0.3, 0.4) is 0 Å². The molecular weight excluding hydrogens is 754 g/mol. The molecule has 17 heteroatoms. The Balaban J connectivity index is 0.899. The summed E-state index contributed by atoms with van der Waals surface area (Å²) >= 11 is 12.5. The van der Waals surface area contributed by atoms with Gasteiger partial charge in [-0.05, 0) is 62.9 Å². The maximum atomic E-state index is 14.1. The van der Waals surface area contributed by atoms with Gasteiger partial charge >= 0.3 is 0 Å². The van der Waals surface area contributed by atoms with Gasteiger partial charge in [-0.2, -0.15) is 5.10 Å². The number of carbonyl (C=O) groups excluding carboxylic acids is 5. The number of aromatic nitrogens is 3. The topological polar surface area (TPSA) is 182 Å². The number of nitrogens with one attached hydrogen (secondary N) is 2.